The van der Waals surface area contributed by atoms with E-state index in [1.54, 1.807) is 7.11 Å². The van der Waals surface area contributed by atoms with Gasteiger partial charge in [0.1, 0.15) is 5.75 Å². The molecule has 0 radical (unpaired) electrons. The Kier molecular flexibility index (Phi) is 5.21. The van der Waals surface area contributed by atoms with Gasteiger partial charge in [0.2, 0.25) is 5.91 Å². The number of ether oxygens (including phenoxy) is 1. The molecule has 0 bridgehead atoms. The number of hydrogen-bond donors (Lipinski definition) is 2. The lowest BCUT2D eigenvalue weighted by Crippen LogP contribution is -2.29. The predicted octanol–water partition coefficient (Wildman–Crippen LogP) is 2.73. The van der Waals surface area contributed by atoms with E-state index in [2.05, 4.69) is 10.6 Å². The lowest BCUT2D eigenvalue weighted by atomic mass is 10.2. The molecular formula is C17H20N2O2. The zero-order valence-electron chi connectivity index (χ0n) is 12.3. The summed E-state index contributed by atoms with van der Waals surface area (Å²) in [5.41, 5.74) is 3.07. The number of carbonyl (C=O) groups is 1. The Morgan fingerprint density at radius 1 is 1.14 bits per heavy atom. The average Bonchev–Trinajstić information content (AvgIpc) is 2.51. The number of hydrogen-bond acceptors (Lipinski definition) is 3. The number of nitrogens with one attached hydrogen (secondary N) is 2. The van der Waals surface area contributed by atoms with Crippen LogP contribution in [0.15, 0.2) is 48.5 Å². The van der Waals surface area contributed by atoms with Crippen LogP contribution in [0.25, 0.3) is 0 Å². The molecule has 2 aromatic carbocycles. The van der Waals surface area contributed by atoms with Crippen molar-refractivity contribution >= 4 is 11.6 Å². The third kappa shape index (κ3) is 4.53. The van der Waals surface area contributed by atoms with E-state index in [1.165, 1.54) is 0 Å². The van der Waals surface area contributed by atoms with Gasteiger partial charge in [-0.15, -0.1) is 0 Å². The highest BCUT2D eigenvalue weighted by Gasteiger charge is 2.05. The van der Waals surface area contributed by atoms with E-state index >= 15 is 0 Å². The van der Waals surface area contributed by atoms with Crippen LogP contribution in [0, 0.1) is 6.92 Å². The summed E-state index contributed by atoms with van der Waals surface area (Å²) in [6, 6.07) is 15.6. The van der Waals surface area contributed by atoms with Crippen molar-refractivity contribution in [1.82, 2.24) is 5.32 Å². The van der Waals surface area contributed by atoms with Gasteiger partial charge in [0.05, 0.1) is 13.7 Å². The maximum Gasteiger partial charge on any atom is 0.239 e. The standard InChI is InChI=1S/C17H20N2O2/c1-13-6-5-8-15(10-13)18-12-17(20)19-11-14-7-3-4-9-16(14)21-2/h3-10,18H,11-12H2,1-2H3,(H,19,20). The normalized spacial score (nSPS) is 10.0. The fourth-order valence-corrected chi connectivity index (χ4v) is 2.04. The molecule has 2 rings (SSSR count). The summed E-state index contributed by atoms with van der Waals surface area (Å²) < 4.78 is 5.25. The summed E-state index contributed by atoms with van der Waals surface area (Å²) in [4.78, 5) is 11.9. The second-order valence-electron chi connectivity index (χ2n) is 4.81. The van der Waals surface area contributed by atoms with Gasteiger partial charge in [-0.05, 0) is 30.7 Å². The molecule has 0 saturated heterocycles. The van der Waals surface area contributed by atoms with Gasteiger partial charge in [0.25, 0.3) is 0 Å². The number of rotatable bonds is 6. The van der Waals surface area contributed by atoms with Gasteiger partial charge < -0.3 is 15.4 Å². The van der Waals surface area contributed by atoms with Gasteiger partial charge in [0, 0.05) is 17.8 Å². The van der Waals surface area contributed by atoms with Gasteiger partial charge in [-0.2, -0.15) is 0 Å². The van der Waals surface area contributed by atoms with Crippen molar-refractivity contribution in [3.63, 3.8) is 0 Å². The van der Waals surface area contributed by atoms with Crippen LogP contribution < -0.4 is 15.4 Å². The first-order valence-electron chi connectivity index (χ1n) is 6.88. The van der Waals surface area contributed by atoms with Crippen LogP contribution >= 0.6 is 0 Å². The zero-order valence-corrected chi connectivity index (χ0v) is 12.3. The first-order valence-corrected chi connectivity index (χ1v) is 6.88. The Morgan fingerprint density at radius 3 is 2.71 bits per heavy atom. The fraction of sp³-hybridized carbons (Fsp3) is 0.235. The van der Waals surface area contributed by atoms with Crippen LogP contribution in [0.1, 0.15) is 11.1 Å². The number of anilines is 1. The second kappa shape index (κ2) is 7.33. The highest BCUT2D eigenvalue weighted by atomic mass is 16.5. The van der Waals surface area contributed by atoms with Crippen molar-refractivity contribution in [2.75, 3.05) is 19.0 Å². The molecule has 4 heteroatoms. The molecule has 21 heavy (non-hydrogen) atoms. The summed E-state index contributed by atoms with van der Waals surface area (Å²) in [5, 5.41) is 5.98. The van der Waals surface area contributed by atoms with Crippen molar-refractivity contribution in [2.45, 2.75) is 13.5 Å². The van der Waals surface area contributed by atoms with E-state index in [9.17, 15) is 4.79 Å². The third-order valence-corrected chi connectivity index (χ3v) is 3.14. The molecule has 0 saturated carbocycles. The smallest absolute Gasteiger partial charge is 0.239 e. The first kappa shape index (κ1) is 14.9. The van der Waals surface area contributed by atoms with Crippen LogP contribution in [0.5, 0.6) is 5.75 Å². The number of amides is 1. The molecule has 0 aliphatic rings. The quantitative estimate of drug-likeness (QED) is 0.857. The number of methoxy groups -OCH3 is 1. The van der Waals surface area contributed by atoms with Gasteiger partial charge in [-0.3, -0.25) is 4.79 Å². The highest BCUT2D eigenvalue weighted by molar-refractivity contribution is 5.80. The van der Waals surface area contributed by atoms with Crippen molar-refractivity contribution in [2.24, 2.45) is 0 Å². The monoisotopic (exact) mass is 284 g/mol. The minimum atomic E-state index is -0.0533. The Labute approximate surface area is 125 Å². The largest absolute Gasteiger partial charge is 0.496 e. The van der Waals surface area contributed by atoms with E-state index in [1.807, 2.05) is 55.5 Å². The van der Waals surface area contributed by atoms with Crippen molar-refractivity contribution in [1.29, 1.82) is 0 Å². The third-order valence-electron chi connectivity index (χ3n) is 3.14. The van der Waals surface area contributed by atoms with Crippen molar-refractivity contribution < 1.29 is 9.53 Å². The Hall–Kier alpha value is -2.49. The molecule has 0 aliphatic heterocycles. The van der Waals surface area contributed by atoms with Crippen molar-refractivity contribution in [3.05, 3.63) is 59.7 Å². The molecule has 0 aliphatic carbocycles. The molecule has 0 spiro atoms. The molecular weight excluding hydrogens is 264 g/mol. The molecule has 0 fully saturated rings. The Bertz CT molecular complexity index is 611. The fourth-order valence-electron chi connectivity index (χ4n) is 2.04. The first-order chi connectivity index (χ1) is 10.2. The summed E-state index contributed by atoms with van der Waals surface area (Å²) in [7, 11) is 1.62. The molecule has 4 nitrogen and oxygen atoms in total. The topological polar surface area (TPSA) is 50.4 Å². The Balaban J connectivity index is 1.82. The highest BCUT2D eigenvalue weighted by Crippen LogP contribution is 2.16. The number of benzene rings is 2. The van der Waals surface area contributed by atoms with Crippen LogP contribution in [0.3, 0.4) is 0 Å². The minimum absolute atomic E-state index is 0.0533. The van der Waals surface area contributed by atoms with E-state index in [4.69, 9.17) is 4.74 Å². The average molecular weight is 284 g/mol. The molecule has 0 heterocycles. The molecule has 2 N–H and O–H groups in total. The number of aryl methyl sites for hydroxylation is 1. The SMILES string of the molecule is COc1ccccc1CNC(=O)CNc1cccc(C)c1. The maximum absolute atomic E-state index is 11.9. The summed E-state index contributed by atoms with van der Waals surface area (Å²) in [6.45, 7) is 2.73. The van der Waals surface area contributed by atoms with Crippen molar-refractivity contribution in [3.8, 4) is 5.75 Å². The molecule has 0 atom stereocenters. The van der Waals surface area contributed by atoms with E-state index in [0.717, 1.165) is 22.6 Å². The van der Waals surface area contributed by atoms with Gasteiger partial charge in [0.15, 0.2) is 0 Å². The van der Waals surface area contributed by atoms with Gasteiger partial charge >= 0.3 is 0 Å². The summed E-state index contributed by atoms with van der Waals surface area (Å²) in [5.74, 6) is 0.729. The Morgan fingerprint density at radius 2 is 1.95 bits per heavy atom. The summed E-state index contributed by atoms with van der Waals surface area (Å²) >= 11 is 0. The molecule has 0 aromatic heterocycles. The van der Waals surface area contributed by atoms with Gasteiger partial charge in [-0.25, -0.2) is 0 Å². The molecule has 110 valence electrons. The van der Waals surface area contributed by atoms with E-state index in [-0.39, 0.29) is 12.5 Å². The van der Waals surface area contributed by atoms with E-state index < -0.39 is 0 Å². The van der Waals surface area contributed by atoms with Crippen LogP contribution in [-0.2, 0) is 11.3 Å². The number of carbonyl (C=O) groups excluding carboxylic acids is 1. The maximum atomic E-state index is 11.9. The molecule has 0 unspecified atom stereocenters. The number of para-hydroxylation sites is 1. The molecule has 2 aromatic rings. The van der Waals surface area contributed by atoms with E-state index in [0.29, 0.717) is 6.54 Å². The van der Waals surface area contributed by atoms with Crippen LogP contribution in [0.2, 0.25) is 0 Å². The predicted molar refractivity (Wildman–Crippen MR) is 84.5 cm³/mol. The zero-order chi connectivity index (χ0) is 15.1. The van der Waals surface area contributed by atoms with Gasteiger partial charge in [-0.1, -0.05) is 30.3 Å². The van der Waals surface area contributed by atoms with Crippen LogP contribution in [0.4, 0.5) is 5.69 Å². The minimum Gasteiger partial charge on any atom is -0.496 e. The lowest BCUT2D eigenvalue weighted by Gasteiger charge is -2.10. The lowest BCUT2D eigenvalue weighted by molar-refractivity contribution is -0.119. The second-order valence-corrected chi connectivity index (χ2v) is 4.81. The molecule has 1 amide bonds. The summed E-state index contributed by atoms with van der Waals surface area (Å²) in [6.07, 6.45) is 0. The van der Waals surface area contributed by atoms with Crippen LogP contribution in [-0.4, -0.2) is 19.6 Å².